The molecule has 150 valence electrons. The Bertz CT molecular complexity index is 1330. The molecule has 4 aromatic rings. The third-order valence-electron chi connectivity index (χ3n) is 4.47. The molecule has 8 heteroatoms. The number of amides is 1. The van der Waals surface area contributed by atoms with Crippen molar-refractivity contribution in [1.82, 2.24) is 0 Å². The summed E-state index contributed by atoms with van der Waals surface area (Å²) in [5.74, 6) is -1.10. The molecule has 0 aliphatic heterocycles. The number of hydrogen-bond acceptors (Lipinski definition) is 6. The zero-order chi connectivity index (χ0) is 21.3. The molecule has 0 radical (unpaired) electrons. The van der Waals surface area contributed by atoms with Crippen molar-refractivity contribution in [1.29, 1.82) is 5.41 Å². The average molecular weight is 483 g/mol. The van der Waals surface area contributed by atoms with Gasteiger partial charge in [-0.05, 0) is 29.8 Å². The molecule has 0 atom stereocenters. The standard InChI is InChI=1S/C22H15BrN2O4S/c1-28-22(27)18-16(12-5-3-2-4-6-12)11-30-21(18)25-20(26)15-10-13-9-14(23)7-8-17(13)29-19(15)24/h2-11,24H,1H3,(H,25,26). The quantitative estimate of drug-likeness (QED) is 0.378. The maximum absolute atomic E-state index is 12.9. The highest BCUT2D eigenvalue weighted by molar-refractivity contribution is 9.10. The normalized spacial score (nSPS) is 10.7. The third kappa shape index (κ3) is 3.79. The van der Waals surface area contributed by atoms with Crippen molar-refractivity contribution in [3.05, 3.63) is 81.1 Å². The van der Waals surface area contributed by atoms with Crippen molar-refractivity contribution < 1.29 is 18.7 Å². The van der Waals surface area contributed by atoms with Crippen molar-refractivity contribution in [3.63, 3.8) is 0 Å². The van der Waals surface area contributed by atoms with Crippen molar-refractivity contribution in [3.8, 4) is 11.1 Å². The van der Waals surface area contributed by atoms with E-state index in [1.54, 1.807) is 29.6 Å². The molecule has 6 nitrogen and oxygen atoms in total. The Hall–Kier alpha value is -3.23. The van der Waals surface area contributed by atoms with Crippen LogP contribution in [0.4, 0.5) is 5.00 Å². The summed E-state index contributed by atoms with van der Waals surface area (Å²) in [7, 11) is 1.29. The van der Waals surface area contributed by atoms with Crippen LogP contribution in [-0.2, 0) is 4.74 Å². The predicted octanol–water partition coefficient (Wildman–Crippen LogP) is 5.44. The second-order valence-corrected chi connectivity index (χ2v) is 8.13. The number of halogens is 1. The maximum Gasteiger partial charge on any atom is 0.341 e. The monoisotopic (exact) mass is 482 g/mol. The van der Waals surface area contributed by atoms with Crippen LogP contribution in [0.3, 0.4) is 0 Å². The molecule has 0 aliphatic rings. The molecule has 0 fully saturated rings. The number of anilines is 1. The van der Waals surface area contributed by atoms with Gasteiger partial charge in [-0.25, -0.2) is 4.79 Å². The van der Waals surface area contributed by atoms with Crippen molar-refractivity contribution in [2.75, 3.05) is 12.4 Å². The number of ether oxygens (including phenoxy) is 1. The van der Waals surface area contributed by atoms with E-state index < -0.39 is 11.9 Å². The number of fused-ring (bicyclic) bond motifs is 1. The first-order valence-corrected chi connectivity index (χ1v) is 10.5. The van der Waals surface area contributed by atoms with E-state index in [9.17, 15) is 9.59 Å². The van der Waals surface area contributed by atoms with Crippen LogP contribution in [0.5, 0.6) is 0 Å². The Morgan fingerprint density at radius 2 is 1.90 bits per heavy atom. The van der Waals surface area contributed by atoms with Crippen molar-refractivity contribution >= 4 is 55.1 Å². The Kier molecular flexibility index (Phi) is 5.52. The van der Waals surface area contributed by atoms with Crippen LogP contribution in [0.25, 0.3) is 22.1 Å². The molecule has 0 saturated heterocycles. The highest BCUT2D eigenvalue weighted by atomic mass is 79.9. The Morgan fingerprint density at radius 3 is 2.63 bits per heavy atom. The minimum atomic E-state index is -0.552. The van der Waals surface area contributed by atoms with Crippen LogP contribution in [0, 0.1) is 5.41 Å². The van der Waals surface area contributed by atoms with Crippen LogP contribution in [0.1, 0.15) is 20.7 Å². The molecule has 2 heterocycles. The molecule has 30 heavy (non-hydrogen) atoms. The maximum atomic E-state index is 12.9. The number of thiophene rings is 1. The Labute approximate surface area is 183 Å². The molecule has 0 saturated carbocycles. The highest BCUT2D eigenvalue weighted by Crippen LogP contribution is 2.36. The van der Waals surface area contributed by atoms with Gasteiger partial charge in [0.15, 0.2) is 0 Å². The minimum absolute atomic E-state index is 0.0612. The van der Waals surface area contributed by atoms with E-state index in [-0.39, 0.29) is 16.7 Å². The summed E-state index contributed by atoms with van der Waals surface area (Å²) in [4.78, 5) is 25.4. The van der Waals surface area contributed by atoms with Crippen LogP contribution < -0.4 is 10.9 Å². The topological polar surface area (TPSA) is 92.4 Å². The first kappa shape index (κ1) is 20.1. The number of carbonyl (C=O) groups excluding carboxylic acids is 2. The van der Waals surface area contributed by atoms with Gasteiger partial charge in [0.25, 0.3) is 5.91 Å². The lowest BCUT2D eigenvalue weighted by Crippen LogP contribution is -2.21. The van der Waals surface area contributed by atoms with E-state index in [4.69, 9.17) is 14.6 Å². The molecule has 0 unspecified atom stereocenters. The molecule has 1 amide bonds. The summed E-state index contributed by atoms with van der Waals surface area (Å²) in [6.07, 6.45) is 0. The highest BCUT2D eigenvalue weighted by Gasteiger charge is 2.23. The predicted molar refractivity (Wildman–Crippen MR) is 119 cm³/mol. The zero-order valence-electron chi connectivity index (χ0n) is 15.7. The number of hydrogen-bond donors (Lipinski definition) is 2. The summed E-state index contributed by atoms with van der Waals surface area (Å²) in [5, 5.41) is 13.6. The molecular formula is C22H15BrN2O4S. The molecule has 0 bridgehead atoms. The number of esters is 1. The summed E-state index contributed by atoms with van der Waals surface area (Å²) < 4.78 is 11.2. The Balaban J connectivity index is 1.74. The van der Waals surface area contributed by atoms with Crippen LogP contribution in [0.15, 0.2) is 68.9 Å². The molecular weight excluding hydrogens is 468 g/mol. The zero-order valence-corrected chi connectivity index (χ0v) is 18.1. The summed E-state index contributed by atoms with van der Waals surface area (Å²) >= 11 is 4.60. The van der Waals surface area contributed by atoms with Crippen molar-refractivity contribution in [2.24, 2.45) is 0 Å². The molecule has 0 spiro atoms. The van der Waals surface area contributed by atoms with Gasteiger partial charge in [-0.3, -0.25) is 10.2 Å². The second-order valence-electron chi connectivity index (χ2n) is 6.34. The van der Waals surface area contributed by atoms with Crippen LogP contribution in [-0.4, -0.2) is 19.0 Å². The third-order valence-corrected chi connectivity index (χ3v) is 5.85. The molecule has 2 aromatic heterocycles. The summed E-state index contributed by atoms with van der Waals surface area (Å²) in [6.45, 7) is 0. The SMILES string of the molecule is COC(=O)c1c(-c2ccccc2)csc1NC(=O)c1cc2cc(Br)ccc2oc1=N. The van der Waals surface area contributed by atoms with E-state index >= 15 is 0 Å². The van der Waals surface area contributed by atoms with E-state index in [0.717, 1.165) is 10.0 Å². The van der Waals surface area contributed by atoms with Gasteiger partial charge >= 0.3 is 5.97 Å². The van der Waals surface area contributed by atoms with E-state index in [0.29, 0.717) is 21.5 Å². The van der Waals surface area contributed by atoms with Crippen LogP contribution >= 0.6 is 27.3 Å². The number of methoxy groups -OCH3 is 1. The summed E-state index contributed by atoms with van der Waals surface area (Å²) in [6, 6.07) is 16.3. The van der Waals surface area contributed by atoms with Gasteiger partial charge in [-0.2, -0.15) is 0 Å². The van der Waals surface area contributed by atoms with Gasteiger partial charge in [0.1, 0.15) is 21.7 Å². The largest absolute Gasteiger partial charge is 0.465 e. The fourth-order valence-corrected chi connectivity index (χ4v) is 4.37. The lowest BCUT2D eigenvalue weighted by Gasteiger charge is -2.08. The van der Waals surface area contributed by atoms with Gasteiger partial charge in [0.05, 0.1) is 7.11 Å². The number of rotatable bonds is 4. The fourth-order valence-electron chi connectivity index (χ4n) is 3.03. The minimum Gasteiger partial charge on any atom is -0.465 e. The van der Waals surface area contributed by atoms with Gasteiger partial charge in [-0.15, -0.1) is 11.3 Å². The molecule has 2 N–H and O–H groups in total. The van der Waals surface area contributed by atoms with Crippen LogP contribution in [0.2, 0.25) is 0 Å². The molecule has 0 aliphatic carbocycles. The number of carbonyl (C=O) groups is 2. The smallest absolute Gasteiger partial charge is 0.341 e. The van der Waals surface area contributed by atoms with E-state index in [1.807, 2.05) is 30.3 Å². The van der Waals surface area contributed by atoms with E-state index in [1.165, 1.54) is 18.4 Å². The van der Waals surface area contributed by atoms with E-state index in [2.05, 4.69) is 21.2 Å². The molecule has 4 rings (SSSR count). The average Bonchev–Trinajstić information content (AvgIpc) is 3.17. The number of benzene rings is 2. The lowest BCUT2D eigenvalue weighted by atomic mass is 10.0. The first-order chi connectivity index (χ1) is 14.5. The van der Waals surface area contributed by atoms with Gasteiger partial charge in [0.2, 0.25) is 5.55 Å². The van der Waals surface area contributed by atoms with Gasteiger partial charge in [-0.1, -0.05) is 46.3 Å². The first-order valence-electron chi connectivity index (χ1n) is 8.82. The fraction of sp³-hybridized carbons (Fsp3) is 0.0455. The molecule has 2 aromatic carbocycles. The second kappa shape index (κ2) is 8.25. The lowest BCUT2D eigenvalue weighted by molar-refractivity contribution is 0.0603. The summed E-state index contributed by atoms with van der Waals surface area (Å²) in [5.41, 5.74) is 2.07. The Morgan fingerprint density at radius 1 is 1.13 bits per heavy atom. The van der Waals surface area contributed by atoms with Crippen molar-refractivity contribution in [2.45, 2.75) is 0 Å². The number of nitrogens with one attached hydrogen (secondary N) is 2. The van der Waals surface area contributed by atoms with Gasteiger partial charge < -0.3 is 14.5 Å². The van der Waals surface area contributed by atoms with Gasteiger partial charge in [0, 0.05) is 20.8 Å².